The van der Waals surface area contributed by atoms with Crippen LogP contribution in [0.5, 0.6) is 0 Å². The van der Waals surface area contributed by atoms with Gasteiger partial charge in [-0.2, -0.15) is 0 Å². The van der Waals surface area contributed by atoms with Crippen molar-refractivity contribution in [1.82, 2.24) is 4.98 Å². The number of nitrogens with two attached hydrogens (primary N) is 1. The summed E-state index contributed by atoms with van der Waals surface area (Å²) >= 11 is 1.38. The van der Waals surface area contributed by atoms with Crippen LogP contribution in [0.3, 0.4) is 0 Å². The summed E-state index contributed by atoms with van der Waals surface area (Å²) in [5.41, 5.74) is 7.03. The Morgan fingerprint density at radius 3 is 2.72 bits per heavy atom. The molecule has 94 valence electrons. The van der Waals surface area contributed by atoms with Gasteiger partial charge in [0.2, 0.25) is 0 Å². The maximum absolute atomic E-state index is 13.6. The van der Waals surface area contributed by atoms with E-state index >= 15 is 0 Å². The van der Waals surface area contributed by atoms with Crippen LogP contribution in [-0.4, -0.2) is 11.5 Å². The minimum absolute atomic E-state index is 0.00521. The molecule has 3 rings (SSSR count). The summed E-state index contributed by atoms with van der Waals surface area (Å²) < 4.78 is 26.5. The fraction of sp³-hybridized carbons (Fsp3) is 0.308. The number of thiazole rings is 1. The Morgan fingerprint density at radius 2 is 2.11 bits per heavy atom. The van der Waals surface area contributed by atoms with Gasteiger partial charge in [-0.1, -0.05) is 0 Å². The first-order chi connectivity index (χ1) is 8.64. The van der Waals surface area contributed by atoms with Crippen LogP contribution >= 0.6 is 11.3 Å². The molecule has 1 heterocycles. The summed E-state index contributed by atoms with van der Waals surface area (Å²) in [6.07, 6.45) is 2.08. The molecule has 0 saturated heterocycles. The maximum atomic E-state index is 13.6. The Bertz CT molecular complexity index is 590. The Balaban J connectivity index is 1.98. The lowest BCUT2D eigenvalue weighted by atomic mass is 10.0. The molecule has 0 aliphatic heterocycles. The molecule has 2 aromatic rings. The largest absolute Gasteiger partial charge is 0.330 e. The molecule has 1 saturated carbocycles. The Labute approximate surface area is 107 Å². The van der Waals surface area contributed by atoms with Crippen molar-refractivity contribution in [1.29, 1.82) is 0 Å². The quantitative estimate of drug-likeness (QED) is 0.927. The Kier molecular flexibility index (Phi) is 2.68. The van der Waals surface area contributed by atoms with Crippen LogP contribution < -0.4 is 5.73 Å². The molecule has 18 heavy (non-hydrogen) atoms. The molecule has 0 radical (unpaired) electrons. The second-order valence-corrected chi connectivity index (χ2v) is 5.50. The van der Waals surface area contributed by atoms with Gasteiger partial charge in [0.05, 0.1) is 5.69 Å². The third-order valence-corrected chi connectivity index (χ3v) is 4.33. The van der Waals surface area contributed by atoms with Crippen LogP contribution in [0.25, 0.3) is 10.6 Å². The normalized spacial score (nSPS) is 16.8. The van der Waals surface area contributed by atoms with E-state index in [0.717, 1.165) is 24.6 Å². The summed E-state index contributed by atoms with van der Waals surface area (Å²) in [5.74, 6) is -1.15. The molecule has 0 unspecified atom stereocenters. The highest BCUT2D eigenvalue weighted by atomic mass is 32.1. The van der Waals surface area contributed by atoms with Gasteiger partial charge >= 0.3 is 0 Å². The highest BCUT2D eigenvalue weighted by Crippen LogP contribution is 2.48. The molecular weight excluding hydrogens is 254 g/mol. The van der Waals surface area contributed by atoms with Crippen LogP contribution in [0.1, 0.15) is 18.5 Å². The standard InChI is InChI=1S/C13H12F2N2S/c14-8-1-2-9(10(15)5-8)12-17-11(6-18-12)13(7-16)3-4-13/h1-2,5-6H,3-4,7,16H2. The molecular formula is C13H12F2N2S. The van der Waals surface area contributed by atoms with E-state index in [0.29, 0.717) is 17.1 Å². The molecule has 1 aromatic carbocycles. The van der Waals surface area contributed by atoms with Gasteiger partial charge in [-0.05, 0) is 25.0 Å². The predicted octanol–water partition coefficient (Wildman–Crippen LogP) is 3.08. The molecule has 2 nitrogen and oxygen atoms in total. The third-order valence-electron chi connectivity index (χ3n) is 3.45. The first-order valence-electron chi connectivity index (χ1n) is 5.76. The van der Waals surface area contributed by atoms with Crippen molar-refractivity contribution in [2.45, 2.75) is 18.3 Å². The van der Waals surface area contributed by atoms with Gasteiger partial charge in [-0.3, -0.25) is 0 Å². The van der Waals surface area contributed by atoms with E-state index in [-0.39, 0.29) is 5.41 Å². The van der Waals surface area contributed by atoms with Gasteiger partial charge in [0, 0.05) is 29.0 Å². The number of hydrogen-bond donors (Lipinski definition) is 1. The lowest BCUT2D eigenvalue weighted by Gasteiger charge is -2.07. The molecule has 0 spiro atoms. The lowest BCUT2D eigenvalue weighted by Crippen LogP contribution is -2.19. The van der Waals surface area contributed by atoms with Crippen molar-refractivity contribution in [3.8, 4) is 10.6 Å². The summed E-state index contributed by atoms with van der Waals surface area (Å²) in [4.78, 5) is 4.45. The first kappa shape index (κ1) is 11.7. The fourth-order valence-electron chi connectivity index (χ4n) is 2.02. The Hall–Kier alpha value is -1.33. The van der Waals surface area contributed by atoms with Crippen LogP contribution in [0, 0.1) is 11.6 Å². The molecule has 2 N–H and O–H groups in total. The van der Waals surface area contributed by atoms with E-state index in [1.807, 2.05) is 5.38 Å². The van der Waals surface area contributed by atoms with Crippen LogP contribution in [-0.2, 0) is 5.41 Å². The summed E-state index contributed by atoms with van der Waals surface area (Å²) in [5, 5.41) is 2.51. The van der Waals surface area contributed by atoms with Crippen molar-refractivity contribution in [3.63, 3.8) is 0 Å². The molecule has 0 bridgehead atoms. The zero-order valence-electron chi connectivity index (χ0n) is 9.62. The fourth-order valence-corrected chi connectivity index (χ4v) is 2.99. The van der Waals surface area contributed by atoms with Crippen molar-refractivity contribution >= 4 is 11.3 Å². The number of nitrogens with zero attached hydrogens (tertiary/aromatic N) is 1. The van der Waals surface area contributed by atoms with Gasteiger partial charge in [-0.25, -0.2) is 13.8 Å². The number of hydrogen-bond acceptors (Lipinski definition) is 3. The van der Waals surface area contributed by atoms with Crippen LogP contribution in [0.4, 0.5) is 8.78 Å². The summed E-state index contributed by atoms with van der Waals surface area (Å²) in [6.45, 7) is 0.572. The molecule has 5 heteroatoms. The van der Waals surface area contributed by atoms with E-state index in [4.69, 9.17) is 5.73 Å². The van der Waals surface area contributed by atoms with Gasteiger partial charge in [0.1, 0.15) is 16.6 Å². The highest BCUT2D eigenvalue weighted by Gasteiger charge is 2.44. The van der Waals surface area contributed by atoms with Crippen LogP contribution in [0.15, 0.2) is 23.6 Å². The monoisotopic (exact) mass is 266 g/mol. The van der Waals surface area contributed by atoms with Crippen LogP contribution in [0.2, 0.25) is 0 Å². The highest BCUT2D eigenvalue weighted by molar-refractivity contribution is 7.13. The van der Waals surface area contributed by atoms with E-state index in [1.54, 1.807) is 0 Å². The van der Waals surface area contributed by atoms with E-state index in [2.05, 4.69) is 4.98 Å². The number of rotatable bonds is 3. The van der Waals surface area contributed by atoms with Crippen molar-refractivity contribution < 1.29 is 8.78 Å². The summed E-state index contributed by atoms with van der Waals surface area (Å²) in [6, 6.07) is 3.55. The SMILES string of the molecule is NCC1(c2csc(-c3ccc(F)cc3F)n2)CC1. The molecule has 1 fully saturated rings. The van der Waals surface area contributed by atoms with Crippen molar-refractivity contribution in [2.24, 2.45) is 5.73 Å². The first-order valence-corrected chi connectivity index (χ1v) is 6.64. The topological polar surface area (TPSA) is 38.9 Å². The molecule has 1 aliphatic carbocycles. The number of benzene rings is 1. The number of aromatic nitrogens is 1. The molecule has 1 aromatic heterocycles. The lowest BCUT2D eigenvalue weighted by molar-refractivity contribution is 0.585. The second-order valence-electron chi connectivity index (χ2n) is 4.65. The van der Waals surface area contributed by atoms with Gasteiger partial charge < -0.3 is 5.73 Å². The van der Waals surface area contributed by atoms with E-state index in [1.165, 1.54) is 23.5 Å². The second kappa shape index (κ2) is 4.10. The van der Waals surface area contributed by atoms with Gasteiger partial charge in [0.15, 0.2) is 0 Å². The van der Waals surface area contributed by atoms with Gasteiger partial charge in [0.25, 0.3) is 0 Å². The zero-order valence-corrected chi connectivity index (χ0v) is 10.4. The minimum atomic E-state index is -0.575. The average Bonchev–Trinajstić information content (AvgIpc) is 3.00. The smallest absolute Gasteiger partial charge is 0.136 e. The maximum Gasteiger partial charge on any atom is 0.136 e. The summed E-state index contributed by atoms with van der Waals surface area (Å²) in [7, 11) is 0. The molecule has 0 amide bonds. The average molecular weight is 266 g/mol. The molecule has 0 atom stereocenters. The zero-order chi connectivity index (χ0) is 12.8. The number of halogens is 2. The predicted molar refractivity (Wildman–Crippen MR) is 67.4 cm³/mol. The van der Waals surface area contributed by atoms with Crippen molar-refractivity contribution in [3.05, 3.63) is 40.9 Å². The van der Waals surface area contributed by atoms with Gasteiger partial charge in [-0.15, -0.1) is 11.3 Å². The van der Waals surface area contributed by atoms with E-state index < -0.39 is 11.6 Å². The Morgan fingerprint density at radius 1 is 1.33 bits per heavy atom. The minimum Gasteiger partial charge on any atom is -0.330 e. The molecule has 1 aliphatic rings. The van der Waals surface area contributed by atoms with E-state index in [9.17, 15) is 8.78 Å². The third kappa shape index (κ3) is 1.83. The van der Waals surface area contributed by atoms with Crippen molar-refractivity contribution in [2.75, 3.05) is 6.54 Å².